The van der Waals surface area contributed by atoms with Gasteiger partial charge in [-0.1, -0.05) is 0 Å². The number of carbonyl (C=O) groups excluding carboxylic acids is 1. The van der Waals surface area contributed by atoms with Gasteiger partial charge in [-0.3, -0.25) is 4.79 Å². The molecule has 0 saturated heterocycles. The number of amides is 1. The highest BCUT2D eigenvalue weighted by atomic mass is 127. The molecule has 1 aromatic carbocycles. The smallest absolute Gasteiger partial charge is 0.234 e. The summed E-state index contributed by atoms with van der Waals surface area (Å²) in [6.45, 7) is 3.83. The molecule has 1 aliphatic heterocycles. The van der Waals surface area contributed by atoms with Crippen molar-refractivity contribution in [2.75, 3.05) is 12.4 Å². The van der Waals surface area contributed by atoms with Crippen LogP contribution in [0, 0.1) is 3.57 Å². The number of aromatic amines is 1. The maximum absolute atomic E-state index is 12.1. The number of hydrogen-bond acceptors (Lipinski definition) is 4. The normalized spacial score (nSPS) is 15.4. The first-order chi connectivity index (χ1) is 11.4. The fraction of sp³-hybridized carbons (Fsp3) is 0.235. The van der Waals surface area contributed by atoms with Crippen LogP contribution in [0.1, 0.15) is 19.4 Å². The number of methoxy groups -OCH3 is 1. The first-order valence-electron chi connectivity index (χ1n) is 7.46. The molecular weight excluding hydrogens is 419 g/mol. The Labute approximate surface area is 152 Å². The SMILES string of the molecule is COc1nccc(I)c1-c1nc2cc3c(cc2[nH]1)NC(=O)C3(C)C. The second-order valence-corrected chi connectivity index (χ2v) is 7.42. The van der Waals surface area contributed by atoms with Gasteiger partial charge in [-0.25, -0.2) is 9.97 Å². The molecule has 24 heavy (non-hydrogen) atoms. The second kappa shape index (κ2) is 5.17. The van der Waals surface area contributed by atoms with Gasteiger partial charge in [0.1, 0.15) is 5.82 Å². The number of halogens is 1. The molecule has 6 nitrogen and oxygen atoms in total. The lowest BCUT2D eigenvalue weighted by molar-refractivity contribution is -0.119. The van der Waals surface area contributed by atoms with Crippen LogP contribution in [0.5, 0.6) is 5.88 Å². The van der Waals surface area contributed by atoms with Gasteiger partial charge in [-0.05, 0) is 60.2 Å². The Bertz CT molecular complexity index is 994. The first-order valence-corrected chi connectivity index (χ1v) is 8.54. The average molecular weight is 434 g/mol. The van der Waals surface area contributed by atoms with Crippen molar-refractivity contribution < 1.29 is 9.53 Å². The number of nitrogens with one attached hydrogen (secondary N) is 2. The van der Waals surface area contributed by atoms with Gasteiger partial charge in [0.15, 0.2) is 0 Å². The standard InChI is InChI=1S/C17H15IN4O2/c1-17(2)8-6-11-12(7-10(8)22-16(17)23)21-14(20-11)13-9(18)4-5-19-15(13)24-3/h4-7H,1-3H3,(H,20,21)(H,22,23). The summed E-state index contributed by atoms with van der Waals surface area (Å²) < 4.78 is 6.37. The molecule has 0 saturated carbocycles. The molecule has 0 radical (unpaired) electrons. The van der Waals surface area contributed by atoms with Crippen LogP contribution in [0.15, 0.2) is 24.4 Å². The first kappa shape index (κ1) is 15.4. The van der Waals surface area contributed by atoms with Gasteiger partial charge in [0.05, 0.1) is 29.1 Å². The van der Waals surface area contributed by atoms with Gasteiger partial charge in [-0.2, -0.15) is 0 Å². The predicted molar refractivity (Wildman–Crippen MR) is 100 cm³/mol. The van der Waals surface area contributed by atoms with E-state index in [9.17, 15) is 4.79 Å². The lowest BCUT2D eigenvalue weighted by Gasteiger charge is -2.14. The van der Waals surface area contributed by atoms with Gasteiger partial charge in [0.2, 0.25) is 11.8 Å². The summed E-state index contributed by atoms with van der Waals surface area (Å²) in [4.78, 5) is 24.4. The van der Waals surface area contributed by atoms with Crippen LogP contribution < -0.4 is 10.1 Å². The van der Waals surface area contributed by atoms with Crippen molar-refractivity contribution in [1.82, 2.24) is 15.0 Å². The van der Waals surface area contributed by atoms with E-state index in [1.807, 2.05) is 32.0 Å². The molecule has 0 bridgehead atoms. The highest BCUT2D eigenvalue weighted by Crippen LogP contribution is 2.40. The van der Waals surface area contributed by atoms with Gasteiger partial charge < -0.3 is 15.0 Å². The van der Waals surface area contributed by atoms with Gasteiger partial charge >= 0.3 is 0 Å². The van der Waals surface area contributed by atoms with E-state index in [1.54, 1.807) is 13.3 Å². The maximum Gasteiger partial charge on any atom is 0.234 e. The van der Waals surface area contributed by atoms with Gasteiger partial charge in [-0.15, -0.1) is 0 Å². The number of H-pyrrole nitrogens is 1. The molecule has 122 valence electrons. The lowest BCUT2D eigenvalue weighted by atomic mass is 9.86. The third-order valence-corrected chi connectivity index (χ3v) is 5.30. The van der Waals surface area contributed by atoms with Crippen molar-refractivity contribution >= 4 is 45.2 Å². The Morgan fingerprint density at radius 3 is 2.83 bits per heavy atom. The van der Waals surface area contributed by atoms with Crippen LogP contribution in [0.4, 0.5) is 5.69 Å². The zero-order valence-corrected chi connectivity index (χ0v) is 15.6. The minimum absolute atomic E-state index is 0.00820. The molecule has 7 heteroatoms. The van der Waals surface area contributed by atoms with E-state index in [-0.39, 0.29) is 5.91 Å². The number of benzene rings is 1. The van der Waals surface area contributed by atoms with Crippen molar-refractivity contribution in [3.8, 4) is 17.3 Å². The van der Waals surface area contributed by atoms with E-state index in [2.05, 4.69) is 37.9 Å². The minimum atomic E-state index is -0.553. The minimum Gasteiger partial charge on any atom is -0.480 e. The third-order valence-electron chi connectivity index (χ3n) is 4.41. The summed E-state index contributed by atoms with van der Waals surface area (Å²) in [5, 5.41) is 2.94. The Hall–Kier alpha value is -2.16. The molecule has 2 N–H and O–H groups in total. The lowest BCUT2D eigenvalue weighted by Crippen LogP contribution is -2.26. The summed E-state index contributed by atoms with van der Waals surface area (Å²) in [7, 11) is 1.59. The van der Waals surface area contributed by atoms with E-state index in [0.717, 1.165) is 31.4 Å². The van der Waals surface area contributed by atoms with Crippen LogP contribution >= 0.6 is 22.6 Å². The molecule has 0 unspecified atom stereocenters. The summed E-state index contributed by atoms with van der Waals surface area (Å²) >= 11 is 2.24. The second-order valence-electron chi connectivity index (χ2n) is 6.26. The quantitative estimate of drug-likeness (QED) is 0.606. The van der Waals surface area contributed by atoms with Crippen LogP contribution in [0.25, 0.3) is 22.4 Å². The van der Waals surface area contributed by atoms with Gasteiger partial charge in [0.25, 0.3) is 0 Å². The van der Waals surface area contributed by atoms with Gasteiger partial charge in [0, 0.05) is 15.5 Å². The van der Waals surface area contributed by atoms with Crippen molar-refractivity contribution in [3.05, 3.63) is 33.5 Å². The molecule has 0 spiro atoms. The number of aromatic nitrogens is 3. The topological polar surface area (TPSA) is 79.9 Å². The van der Waals surface area contributed by atoms with E-state index in [1.165, 1.54) is 0 Å². The van der Waals surface area contributed by atoms with Crippen LogP contribution in [0.2, 0.25) is 0 Å². The van der Waals surface area contributed by atoms with Crippen molar-refractivity contribution in [2.24, 2.45) is 0 Å². The summed E-state index contributed by atoms with van der Waals surface area (Å²) in [5.74, 6) is 1.24. The predicted octanol–water partition coefficient (Wildman–Crippen LogP) is 3.47. The average Bonchev–Trinajstić information content (AvgIpc) is 3.04. The van der Waals surface area contributed by atoms with E-state index >= 15 is 0 Å². The summed E-state index contributed by atoms with van der Waals surface area (Å²) in [6, 6.07) is 5.82. The number of anilines is 1. The fourth-order valence-corrected chi connectivity index (χ4v) is 3.63. The fourth-order valence-electron chi connectivity index (χ4n) is 2.99. The van der Waals surface area contributed by atoms with Crippen molar-refractivity contribution in [2.45, 2.75) is 19.3 Å². The molecule has 4 rings (SSSR count). The highest BCUT2D eigenvalue weighted by molar-refractivity contribution is 14.1. The van der Waals surface area contributed by atoms with Crippen LogP contribution in [0.3, 0.4) is 0 Å². The number of imidazole rings is 1. The summed E-state index contributed by atoms with van der Waals surface area (Å²) in [5.41, 5.74) is 3.76. The van der Waals surface area contributed by atoms with Crippen molar-refractivity contribution in [1.29, 1.82) is 0 Å². The Morgan fingerprint density at radius 2 is 2.08 bits per heavy atom. The van der Waals surface area contributed by atoms with Crippen LogP contribution in [-0.4, -0.2) is 28.0 Å². The Morgan fingerprint density at radius 1 is 1.29 bits per heavy atom. The number of rotatable bonds is 2. The number of fused-ring (bicyclic) bond motifs is 2. The molecule has 0 aliphatic carbocycles. The number of ether oxygens (including phenoxy) is 1. The molecule has 2 aromatic heterocycles. The van der Waals surface area contributed by atoms with E-state index < -0.39 is 5.41 Å². The molecule has 0 fully saturated rings. The molecule has 3 aromatic rings. The van der Waals surface area contributed by atoms with E-state index in [4.69, 9.17) is 9.72 Å². The third kappa shape index (κ3) is 2.10. The molecule has 3 heterocycles. The monoisotopic (exact) mass is 434 g/mol. The number of nitrogens with zero attached hydrogens (tertiary/aromatic N) is 2. The Balaban J connectivity index is 1.92. The maximum atomic E-state index is 12.1. The van der Waals surface area contributed by atoms with Crippen molar-refractivity contribution in [3.63, 3.8) is 0 Å². The molecule has 1 amide bonds. The van der Waals surface area contributed by atoms with Crippen LogP contribution in [-0.2, 0) is 10.2 Å². The number of hydrogen-bond donors (Lipinski definition) is 2. The molecular formula is C17H15IN4O2. The molecule has 0 atom stereocenters. The largest absolute Gasteiger partial charge is 0.480 e. The summed E-state index contributed by atoms with van der Waals surface area (Å²) in [6.07, 6.45) is 1.71. The Kier molecular flexibility index (Phi) is 3.31. The number of pyridine rings is 1. The van der Waals surface area contributed by atoms with E-state index in [0.29, 0.717) is 11.7 Å². The molecule has 1 aliphatic rings. The zero-order valence-electron chi connectivity index (χ0n) is 13.4. The highest BCUT2D eigenvalue weighted by Gasteiger charge is 2.38. The number of carbonyl (C=O) groups is 1. The zero-order chi connectivity index (χ0) is 17.1.